The Morgan fingerprint density at radius 3 is 2.40 bits per heavy atom. The normalized spacial score (nSPS) is 11.5. The molecule has 0 saturated heterocycles. The summed E-state index contributed by atoms with van der Waals surface area (Å²) in [6.45, 7) is 1.88. The van der Waals surface area contributed by atoms with Gasteiger partial charge in [-0.15, -0.1) is 0 Å². The van der Waals surface area contributed by atoms with Crippen molar-refractivity contribution in [3.63, 3.8) is 0 Å². The highest BCUT2D eigenvalue weighted by Gasteiger charge is 2.33. The first-order chi connectivity index (χ1) is 19.3. The van der Waals surface area contributed by atoms with E-state index in [0.29, 0.717) is 34.5 Å². The molecule has 40 heavy (non-hydrogen) atoms. The maximum absolute atomic E-state index is 14.4. The standard InChI is InChI=1S/C29H30N4O6S/c1-6-19-7-12-25(37-4)28(13-19)40(34,35)33(18-21-8-10-23(36-3)15-26(21)38-5)29-24-11-9-20(14-27(24)39-31-29)22-16-30-32(2)17-22/h7-17H,6,18H2,1-5H3. The van der Waals surface area contributed by atoms with Crippen LogP contribution in [0.25, 0.3) is 22.1 Å². The Morgan fingerprint density at radius 1 is 0.925 bits per heavy atom. The van der Waals surface area contributed by atoms with Gasteiger partial charge in [-0.25, -0.2) is 12.7 Å². The summed E-state index contributed by atoms with van der Waals surface area (Å²) in [7, 11) is 2.16. The molecule has 2 heterocycles. The molecule has 5 rings (SSSR count). The van der Waals surface area contributed by atoms with Crippen molar-refractivity contribution >= 4 is 26.8 Å². The Labute approximate surface area is 232 Å². The maximum atomic E-state index is 14.4. The van der Waals surface area contributed by atoms with Gasteiger partial charge in [0.2, 0.25) is 0 Å². The molecule has 10 nitrogen and oxygen atoms in total. The van der Waals surface area contributed by atoms with Crippen LogP contribution in [0.1, 0.15) is 18.1 Å². The van der Waals surface area contributed by atoms with Crippen LogP contribution in [0.15, 0.2) is 76.4 Å². The van der Waals surface area contributed by atoms with Gasteiger partial charge in [0, 0.05) is 30.4 Å². The van der Waals surface area contributed by atoms with Crippen LogP contribution in [0.3, 0.4) is 0 Å². The summed E-state index contributed by atoms with van der Waals surface area (Å²) >= 11 is 0. The second-order valence-corrected chi connectivity index (χ2v) is 11.0. The second kappa shape index (κ2) is 10.9. The molecule has 0 aliphatic rings. The maximum Gasteiger partial charge on any atom is 0.269 e. The van der Waals surface area contributed by atoms with Crippen LogP contribution in [0.5, 0.6) is 17.2 Å². The number of benzene rings is 3. The average Bonchev–Trinajstić information content (AvgIpc) is 3.61. The molecular formula is C29H30N4O6S. The van der Waals surface area contributed by atoms with Crippen molar-refractivity contribution in [3.8, 4) is 28.4 Å². The molecule has 2 aromatic heterocycles. The molecular weight excluding hydrogens is 532 g/mol. The van der Waals surface area contributed by atoms with Gasteiger partial charge >= 0.3 is 0 Å². The number of hydrogen-bond acceptors (Lipinski definition) is 8. The number of sulfonamides is 1. The van der Waals surface area contributed by atoms with E-state index in [9.17, 15) is 8.42 Å². The SMILES string of the molecule is CCc1ccc(OC)c(S(=O)(=O)N(Cc2ccc(OC)cc2OC)c2noc3cc(-c4cnn(C)c4)ccc23)c1. The Kier molecular flexibility index (Phi) is 7.40. The molecule has 0 aliphatic heterocycles. The van der Waals surface area contributed by atoms with Crippen LogP contribution in [-0.2, 0) is 30.0 Å². The fourth-order valence-corrected chi connectivity index (χ4v) is 6.14. The van der Waals surface area contributed by atoms with Gasteiger partial charge in [-0.3, -0.25) is 4.68 Å². The molecule has 0 fully saturated rings. The van der Waals surface area contributed by atoms with E-state index in [0.717, 1.165) is 16.7 Å². The van der Waals surface area contributed by atoms with Gasteiger partial charge in [0.05, 0.1) is 39.5 Å². The Hall–Kier alpha value is -4.51. The van der Waals surface area contributed by atoms with E-state index in [2.05, 4.69) is 10.3 Å². The quantitative estimate of drug-likeness (QED) is 0.228. The first-order valence-corrected chi connectivity index (χ1v) is 14.0. The van der Waals surface area contributed by atoms with E-state index in [1.165, 1.54) is 18.5 Å². The third-order valence-corrected chi connectivity index (χ3v) is 8.50. The number of hydrogen-bond donors (Lipinski definition) is 0. The highest BCUT2D eigenvalue weighted by atomic mass is 32.2. The molecule has 0 saturated carbocycles. The van der Waals surface area contributed by atoms with Crippen molar-refractivity contribution in [1.29, 1.82) is 0 Å². The van der Waals surface area contributed by atoms with Gasteiger partial charge in [-0.2, -0.15) is 5.10 Å². The van der Waals surface area contributed by atoms with E-state index < -0.39 is 10.0 Å². The van der Waals surface area contributed by atoms with Crippen LogP contribution in [0.4, 0.5) is 5.82 Å². The van der Waals surface area contributed by atoms with E-state index in [1.807, 2.05) is 38.4 Å². The lowest BCUT2D eigenvalue weighted by Gasteiger charge is -2.24. The smallest absolute Gasteiger partial charge is 0.269 e. The van der Waals surface area contributed by atoms with Crippen molar-refractivity contribution < 1.29 is 27.2 Å². The van der Waals surface area contributed by atoms with Crippen LogP contribution < -0.4 is 18.5 Å². The summed E-state index contributed by atoms with van der Waals surface area (Å²) in [4.78, 5) is 0.0324. The molecule has 0 N–H and O–H groups in total. The van der Waals surface area contributed by atoms with Crippen LogP contribution in [0.2, 0.25) is 0 Å². The van der Waals surface area contributed by atoms with E-state index in [4.69, 9.17) is 18.7 Å². The van der Waals surface area contributed by atoms with Gasteiger partial charge in [-0.1, -0.05) is 24.2 Å². The summed E-state index contributed by atoms with van der Waals surface area (Å²) in [5.74, 6) is 1.44. The van der Waals surface area contributed by atoms with Crippen LogP contribution in [0, 0.1) is 0 Å². The number of aromatic nitrogens is 3. The number of ether oxygens (including phenoxy) is 3. The summed E-state index contributed by atoms with van der Waals surface area (Å²) in [5.41, 5.74) is 3.67. The summed E-state index contributed by atoms with van der Waals surface area (Å²) in [6, 6.07) is 15.9. The highest BCUT2D eigenvalue weighted by molar-refractivity contribution is 7.93. The number of rotatable bonds is 10. The van der Waals surface area contributed by atoms with Crippen molar-refractivity contribution in [2.45, 2.75) is 24.8 Å². The van der Waals surface area contributed by atoms with Gasteiger partial charge < -0.3 is 18.7 Å². The van der Waals surface area contributed by atoms with E-state index in [-0.39, 0.29) is 23.0 Å². The minimum atomic E-state index is -4.20. The van der Waals surface area contributed by atoms with Gasteiger partial charge in [-0.05, 0) is 53.9 Å². The first kappa shape index (κ1) is 27.1. The summed E-state index contributed by atoms with van der Waals surface area (Å²) < 4.78 is 53.9. The lowest BCUT2D eigenvalue weighted by atomic mass is 10.1. The topological polar surface area (TPSA) is 109 Å². The predicted molar refractivity (Wildman–Crippen MR) is 151 cm³/mol. The predicted octanol–water partition coefficient (Wildman–Crippen LogP) is 5.21. The molecule has 0 amide bonds. The number of anilines is 1. The van der Waals surface area contributed by atoms with Crippen molar-refractivity contribution in [3.05, 3.63) is 78.1 Å². The highest BCUT2D eigenvalue weighted by Crippen LogP contribution is 2.38. The molecule has 0 bridgehead atoms. The van der Waals surface area contributed by atoms with E-state index >= 15 is 0 Å². The third kappa shape index (κ3) is 4.95. The lowest BCUT2D eigenvalue weighted by Crippen LogP contribution is -2.31. The van der Waals surface area contributed by atoms with Gasteiger partial charge in [0.25, 0.3) is 10.0 Å². The lowest BCUT2D eigenvalue weighted by molar-refractivity contribution is 0.391. The second-order valence-electron chi connectivity index (χ2n) is 9.15. The molecule has 5 aromatic rings. The largest absolute Gasteiger partial charge is 0.497 e. The van der Waals surface area contributed by atoms with Crippen molar-refractivity contribution in [2.24, 2.45) is 7.05 Å². The van der Waals surface area contributed by atoms with Crippen molar-refractivity contribution in [2.75, 3.05) is 25.6 Å². The third-order valence-electron chi connectivity index (χ3n) is 6.74. The van der Waals surface area contributed by atoms with Crippen LogP contribution >= 0.6 is 0 Å². The zero-order chi connectivity index (χ0) is 28.4. The summed E-state index contributed by atoms with van der Waals surface area (Å²) in [6.07, 6.45) is 4.29. The van der Waals surface area contributed by atoms with Crippen molar-refractivity contribution in [1.82, 2.24) is 14.9 Å². The summed E-state index contributed by atoms with van der Waals surface area (Å²) in [5, 5.41) is 9.02. The minimum absolute atomic E-state index is 0.0324. The Bertz CT molecular complexity index is 1780. The fourth-order valence-electron chi connectivity index (χ4n) is 4.53. The number of methoxy groups -OCH3 is 3. The zero-order valence-corrected chi connectivity index (χ0v) is 23.7. The monoisotopic (exact) mass is 562 g/mol. The molecule has 11 heteroatoms. The average molecular weight is 563 g/mol. The molecule has 208 valence electrons. The van der Waals surface area contributed by atoms with Gasteiger partial charge in [0.15, 0.2) is 11.4 Å². The van der Waals surface area contributed by atoms with Gasteiger partial charge in [0.1, 0.15) is 22.1 Å². The first-order valence-electron chi connectivity index (χ1n) is 12.6. The molecule has 0 aliphatic carbocycles. The number of fused-ring (bicyclic) bond motifs is 1. The molecule has 0 unspecified atom stereocenters. The van der Waals surface area contributed by atoms with Crippen LogP contribution in [-0.4, -0.2) is 44.7 Å². The molecule has 3 aromatic carbocycles. The Morgan fingerprint density at radius 2 is 1.73 bits per heavy atom. The Balaban J connectivity index is 1.68. The number of aryl methyl sites for hydroxylation is 2. The fraction of sp³-hybridized carbons (Fsp3) is 0.241. The number of nitrogens with zero attached hydrogens (tertiary/aromatic N) is 4. The zero-order valence-electron chi connectivity index (χ0n) is 22.9. The molecule has 0 atom stereocenters. The molecule has 0 spiro atoms. The molecule has 0 radical (unpaired) electrons. The minimum Gasteiger partial charge on any atom is -0.497 e. The van der Waals surface area contributed by atoms with E-state index in [1.54, 1.807) is 54.4 Å².